The quantitative estimate of drug-likeness (QED) is 0.468. The summed E-state index contributed by atoms with van der Waals surface area (Å²) in [5.41, 5.74) is 4.63. The third kappa shape index (κ3) is 0.820. The Morgan fingerprint density at radius 1 is 1.67 bits per heavy atom. The highest BCUT2D eigenvalue weighted by atomic mass is 19.2. The number of carbonyl (C=O) groups is 1. The van der Waals surface area contributed by atoms with E-state index in [0.717, 1.165) is 0 Å². The fraction of sp³-hybridized carbons (Fsp3) is 0.750. The summed E-state index contributed by atoms with van der Waals surface area (Å²) in [6.07, 6.45) is -3.36. The number of carbonyl (C=O) groups excluding carboxylic acids is 1. The van der Waals surface area contributed by atoms with Crippen molar-refractivity contribution in [3.05, 3.63) is 0 Å². The van der Waals surface area contributed by atoms with Crippen LogP contribution in [0.3, 0.4) is 0 Å². The standard InChI is InChI=1S/C4H6F2N2O/c5-2-1-8(3(2)6)4(7)9/h2-3H,1H2,(H2,7,9). The molecule has 1 heterocycles. The van der Waals surface area contributed by atoms with E-state index in [1.54, 1.807) is 0 Å². The molecule has 1 aliphatic heterocycles. The minimum Gasteiger partial charge on any atom is -0.351 e. The second-order valence-electron chi connectivity index (χ2n) is 1.88. The summed E-state index contributed by atoms with van der Waals surface area (Å²) in [7, 11) is 0. The summed E-state index contributed by atoms with van der Waals surface area (Å²) >= 11 is 0. The van der Waals surface area contributed by atoms with Crippen LogP contribution in [0.15, 0.2) is 0 Å². The fourth-order valence-corrected chi connectivity index (χ4v) is 0.644. The molecule has 0 saturated carbocycles. The van der Waals surface area contributed by atoms with Crippen LogP contribution in [0, 0.1) is 0 Å². The van der Waals surface area contributed by atoms with Gasteiger partial charge in [0.05, 0.1) is 6.54 Å². The molecule has 0 bridgehead atoms. The van der Waals surface area contributed by atoms with Gasteiger partial charge in [0.25, 0.3) is 0 Å². The van der Waals surface area contributed by atoms with Gasteiger partial charge in [-0.3, -0.25) is 4.90 Å². The minimum atomic E-state index is -1.82. The van der Waals surface area contributed by atoms with Crippen molar-refractivity contribution in [1.29, 1.82) is 0 Å². The van der Waals surface area contributed by atoms with E-state index in [0.29, 0.717) is 4.90 Å². The predicted molar refractivity (Wildman–Crippen MR) is 26.1 cm³/mol. The van der Waals surface area contributed by atoms with Crippen LogP contribution in [0.1, 0.15) is 0 Å². The van der Waals surface area contributed by atoms with Crippen molar-refractivity contribution < 1.29 is 13.6 Å². The van der Waals surface area contributed by atoms with Gasteiger partial charge in [0.1, 0.15) is 0 Å². The number of nitrogens with zero attached hydrogens (tertiary/aromatic N) is 1. The van der Waals surface area contributed by atoms with E-state index in [1.807, 2.05) is 0 Å². The van der Waals surface area contributed by atoms with E-state index in [1.165, 1.54) is 0 Å². The summed E-state index contributed by atoms with van der Waals surface area (Å²) in [6, 6.07) is -0.906. The Kier molecular flexibility index (Phi) is 1.27. The number of primary amides is 1. The Morgan fingerprint density at radius 3 is 2.33 bits per heavy atom. The van der Waals surface area contributed by atoms with Crippen LogP contribution in [0.4, 0.5) is 13.6 Å². The molecule has 3 nitrogen and oxygen atoms in total. The molecule has 2 N–H and O–H groups in total. The molecule has 1 fully saturated rings. The first kappa shape index (κ1) is 6.25. The number of amides is 2. The zero-order chi connectivity index (χ0) is 7.02. The number of hydrogen-bond acceptors (Lipinski definition) is 1. The van der Waals surface area contributed by atoms with Crippen LogP contribution in [0.2, 0.25) is 0 Å². The Balaban J connectivity index is 2.42. The van der Waals surface area contributed by atoms with Gasteiger partial charge in [0.15, 0.2) is 6.17 Å². The second-order valence-corrected chi connectivity index (χ2v) is 1.88. The van der Waals surface area contributed by atoms with Gasteiger partial charge in [-0.1, -0.05) is 0 Å². The number of likely N-dealkylation sites (tertiary alicyclic amines) is 1. The highest BCUT2D eigenvalue weighted by Crippen LogP contribution is 2.21. The molecule has 2 unspecified atom stereocenters. The molecule has 52 valence electrons. The topological polar surface area (TPSA) is 46.3 Å². The lowest BCUT2D eigenvalue weighted by Crippen LogP contribution is -2.59. The highest BCUT2D eigenvalue weighted by Gasteiger charge is 2.41. The second kappa shape index (κ2) is 1.82. The number of halogens is 2. The number of alkyl halides is 2. The SMILES string of the molecule is NC(=O)N1CC(F)C1F. The van der Waals surface area contributed by atoms with Crippen LogP contribution >= 0.6 is 0 Å². The molecule has 2 amide bonds. The first-order valence-corrected chi connectivity index (χ1v) is 2.47. The van der Waals surface area contributed by atoms with Crippen LogP contribution in [-0.2, 0) is 0 Å². The Labute approximate surface area is 50.4 Å². The number of nitrogens with two attached hydrogens (primary N) is 1. The molecule has 1 rings (SSSR count). The Hall–Kier alpha value is -0.870. The van der Waals surface area contributed by atoms with E-state index in [-0.39, 0.29) is 6.54 Å². The maximum Gasteiger partial charge on any atom is 0.317 e. The summed E-state index contributed by atoms with van der Waals surface area (Å²) in [6.45, 7) is -0.212. The molecule has 0 aromatic rings. The molecule has 0 radical (unpaired) electrons. The minimum absolute atomic E-state index is 0.212. The fourth-order valence-electron chi connectivity index (χ4n) is 0.644. The van der Waals surface area contributed by atoms with Crippen molar-refractivity contribution in [1.82, 2.24) is 4.90 Å². The largest absolute Gasteiger partial charge is 0.351 e. The Morgan fingerprint density at radius 2 is 2.22 bits per heavy atom. The van der Waals surface area contributed by atoms with Crippen LogP contribution in [-0.4, -0.2) is 29.9 Å². The van der Waals surface area contributed by atoms with Gasteiger partial charge in [0.2, 0.25) is 6.30 Å². The zero-order valence-corrected chi connectivity index (χ0v) is 4.55. The average molecular weight is 136 g/mol. The normalized spacial score (nSPS) is 33.8. The molecule has 1 aliphatic rings. The molecular weight excluding hydrogens is 130 g/mol. The molecule has 0 aromatic carbocycles. The molecule has 2 atom stereocenters. The number of hydrogen-bond donors (Lipinski definition) is 1. The third-order valence-electron chi connectivity index (χ3n) is 1.25. The summed E-state index contributed by atoms with van der Waals surface area (Å²) < 4.78 is 24.0. The van der Waals surface area contributed by atoms with Crippen molar-refractivity contribution in [3.8, 4) is 0 Å². The van der Waals surface area contributed by atoms with Crippen molar-refractivity contribution in [3.63, 3.8) is 0 Å². The van der Waals surface area contributed by atoms with E-state index < -0.39 is 18.5 Å². The lowest BCUT2D eigenvalue weighted by atomic mass is 10.2. The van der Waals surface area contributed by atoms with Crippen LogP contribution < -0.4 is 5.73 Å². The van der Waals surface area contributed by atoms with Crippen LogP contribution in [0.25, 0.3) is 0 Å². The van der Waals surface area contributed by atoms with Crippen molar-refractivity contribution in [2.45, 2.75) is 12.5 Å². The van der Waals surface area contributed by atoms with Gasteiger partial charge in [-0.2, -0.15) is 0 Å². The van der Waals surface area contributed by atoms with E-state index in [2.05, 4.69) is 5.73 Å². The van der Waals surface area contributed by atoms with E-state index in [9.17, 15) is 13.6 Å². The molecular formula is C4H6F2N2O. The first-order valence-electron chi connectivity index (χ1n) is 2.47. The smallest absolute Gasteiger partial charge is 0.317 e. The predicted octanol–water partition coefficient (Wildman–Crippen LogP) is 0.0144. The van der Waals surface area contributed by atoms with Gasteiger partial charge in [-0.15, -0.1) is 0 Å². The summed E-state index contributed by atoms with van der Waals surface area (Å²) in [5.74, 6) is 0. The molecule has 1 saturated heterocycles. The molecule has 9 heavy (non-hydrogen) atoms. The van der Waals surface area contributed by atoms with E-state index >= 15 is 0 Å². The highest BCUT2D eigenvalue weighted by molar-refractivity contribution is 5.73. The molecule has 0 aromatic heterocycles. The monoisotopic (exact) mass is 136 g/mol. The average Bonchev–Trinajstić information content (AvgIpc) is 1.81. The first-order chi connectivity index (χ1) is 4.13. The van der Waals surface area contributed by atoms with Crippen LogP contribution in [0.5, 0.6) is 0 Å². The van der Waals surface area contributed by atoms with Crippen molar-refractivity contribution >= 4 is 6.03 Å². The lowest BCUT2D eigenvalue weighted by molar-refractivity contribution is -0.0529. The summed E-state index contributed by atoms with van der Waals surface area (Å²) in [4.78, 5) is 10.7. The third-order valence-corrected chi connectivity index (χ3v) is 1.25. The lowest BCUT2D eigenvalue weighted by Gasteiger charge is -2.36. The van der Waals surface area contributed by atoms with Gasteiger partial charge >= 0.3 is 6.03 Å². The molecule has 0 aliphatic carbocycles. The summed E-state index contributed by atoms with van der Waals surface area (Å²) in [5, 5.41) is 0. The zero-order valence-electron chi connectivity index (χ0n) is 4.55. The number of rotatable bonds is 0. The Bertz CT molecular complexity index is 141. The van der Waals surface area contributed by atoms with Gasteiger partial charge in [-0.25, -0.2) is 13.6 Å². The van der Waals surface area contributed by atoms with E-state index in [4.69, 9.17) is 0 Å². The van der Waals surface area contributed by atoms with Gasteiger partial charge in [-0.05, 0) is 0 Å². The maximum atomic E-state index is 12.1. The van der Waals surface area contributed by atoms with Gasteiger partial charge in [0, 0.05) is 0 Å². The van der Waals surface area contributed by atoms with Crippen molar-refractivity contribution in [2.24, 2.45) is 5.73 Å². The molecule has 0 spiro atoms. The molecule has 5 heteroatoms. The van der Waals surface area contributed by atoms with Gasteiger partial charge < -0.3 is 5.73 Å². The van der Waals surface area contributed by atoms with Crippen molar-refractivity contribution in [2.75, 3.05) is 6.54 Å². The maximum absolute atomic E-state index is 12.1. The number of urea groups is 1.